The summed E-state index contributed by atoms with van der Waals surface area (Å²) in [5.41, 5.74) is 0. The second-order valence-corrected chi connectivity index (χ2v) is 4.97. The van der Waals surface area contributed by atoms with Gasteiger partial charge in [-0.25, -0.2) is 0 Å². The van der Waals surface area contributed by atoms with Gasteiger partial charge < -0.3 is 4.74 Å². The molecule has 1 atom stereocenters. The van der Waals surface area contributed by atoms with E-state index < -0.39 is 0 Å². The minimum atomic E-state index is 0.429. The van der Waals surface area contributed by atoms with Crippen molar-refractivity contribution < 1.29 is 4.74 Å². The maximum Gasteiger partial charge on any atom is 0.0579 e. The second kappa shape index (κ2) is 4.99. The Morgan fingerprint density at radius 1 is 1.00 bits per heavy atom. The molecule has 0 heterocycles. The highest BCUT2D eigenvalue weighted by Crippen LogP contribution is 2.27. The molecule has 0 aromatic heterocycles. The van der Waals surface area contributed by atoms with Crippen LogP contribution in [0.3, 0.4) is 0 Å². The van der Waals surface area contributed by atoms with Gasteiger partial charge in [0.05, 0.1) is 12.2 Å². The zero-order valence-corrected chi connectivity index (χ0v) is 9.55. The summed E-state index contributed by atoms with van der Waals surface area (Å²) in [7, 11) is 0. The van der Waals surface area contributed by atoms with Gasteiger partial charge >= 0.3 is 0 Å². The summed E-state index contributed by atoms with van der Waals surface area (Å²) >= 11 is 0. The van der Waals surface area contributed by atoms with Crippen LogP contribution in [0.4, 0.5) is 0 Å². The van der Waals surface area contributed by atoms with Gasteiger partial charge in [0.25, 0.3) is 0 Å². The maximum absolute atomic E-state index is 6.00. The molecule has 1 aliphatic carbocycles. The number of rotatable bonds is 3. The first-order chi connectivity index (χ1) is 6.09. The zero-order chi connectivity index (χ0) is 9.84. The van der Waals surface area contributed by atoms with E-state index in [-0.39, 0.29) is 0 Å². The summed E-state index contributed by atoms with van der Waals surface area (Å²) in [6.07, 6.45) is 6.24. The third-order valence-corrected chi connectivity index (χ3v) is 3.31. The maximum atomic E-state index is 6.00. The quantitative estimate of drug-likeness (QED) is 0.651. The van der Waals surface area contributed by atoms with E-state index in [4.69, 9.17) is 4.74 Å². The van der Waals surface area contributed by atoms with Crippen molar-refractivity contribution in [2.24, 2.45) is 11.8 Å². The molecule has 0 bridgehead atoms. The Bertz CT molecular complexity index is 134. The Balaban J connectivity index is 2.22. The van der Waals surface area contributed by atoms with Crippen LogP contribution >= 0.6 is 0 Å². The van der Waals surface area contributed by atoms with Crippen molar-refractivity contribution in [3.63, 3.8) is 0 Å². The Morgan fingerprint density at radius 3 is 2.00 bits per heavy atom. The van der Waals surface area contributed by atoms with Gasteiger partial charge in [-0.3, -0.25) is 0 Å². The summed E-state index contributed by atoms with van der Waals surface area (Å²) in [5.74, 6) is 1.58. The molecular formula is C12H24O. The Morgan fingerprint density at radius 2 is 1.54 bits per heavy atom. The predicted molar refractivity (Wildman–Crippen MR) is 56.8 cm³/mol. The van der Waals surface area contributed by atoms with Crippen LogP contribution in [0.25, 0.3) is 0 Å². The highest BCUT2D eigenvalue weighted by molar-refractivity contribution is 4.71. The lowest BCUT2D eigenvalue weighted by molar-refractivity contribution is -0.0461. The van der Waals surface area contributed by atoms with Crippen LogP contribution in [0.2, 0.25) is 0 Å². The predicted octanol–water partition coefficient (Wildman–Crippen LogP) is 3.63. The van der Waals surface area contributed by atoms with Crippen LogP contribution in [-0.2, 0) is 4.74 Å². The van der Waals surface area contributed by atoms with Crippen molar-refractivity contribution in [3.8, 4) is 0 Å². The van der Waals surface area contributed by atoms with Crippen LogP contribution in [-0.4, -0.2) is 12.2 Å². The smallest absolute Gasteiger partial charge is 0.0579 e. The molecule has 0 amide bonds. The fraction of sp³-hybridized carbons (Fsp3) is 1.00. The van der Waals surface area contributed by atoms with E-state index >= 15 is 0 Å². The van der Waals surface area contributed by atoms with Gasteiger partial charge in [0.2, 0.25) is 0 Å². The van der Waals surface area contributed by atoms with Crippen molar-refractivity contribution >= 4 is 0 Å². The van der Waals surface area contributed by atoms with Crippen molar-refractivity contribution in [2.45, 2.75) is 65.6 Å². The summed E-state index contributed by atoms with van der Waals surface area (Å²) in [6, 6.07) is 0. The minimum absolute atomic E-state index is 0.429. The number of hydrogen-bond donors (Lipinski definition) is 0. The van der Waals surface area contributed by atoms with Crippen LogP contribution in [0, 0.1) is 11.8 Å². The largest absolute Gasteiger partial charge is 0.375 e. The molecule has 13 heavy (non-hydrogen) atoms. The summed E-state index contributed by atoms with van der Waals surface area (Å²) in [6.45, 7) is 9.01. The van der Waals surface area contributed by atoms with Crippen molar-refractivity contribution in [1.29, 1.82) is 0 Å². The number of ether oxygens (including phenoxy) is 1. The van der Waals surface area contributed by atoms with Gasteiger partial charge in [0.15, 0.2) is 0 Å². The van der Waals surface area contributed by atoms with Gasteiger partial charge in [-0.15, -0.1) is 0 Å². The molecule has 0 aromatic carbocycles. The molecule has 1 nitrogen and oxygen atoms in total. The van der Waals surface area contributed by atoms with Gasteiger partial charge in [0, 0.05) is 0 Å². The highest BCUT2D eigenvalue weighted by Gasteiger charge is 2.21. The third kappa shape index (κ3) is 3.68. The van der Waals surface area contributed by atoms with E-state index in [1.807, 2.05) is 0 Å². The summed E-state index contributed by atoms with van der Waals surface area (Å²) in [4.78, 5) is 0. The molecule has 0 aromatic rings. The standard InChI is InChI=1S/C12H24O/c1-9(2)11(4)13-12-7-5-10(3)6-8-12/h9-12H,5-8H2,1-4H3. The molecular weight excluding hydrogens is 160 g/mol. The molecule has 78 valence electrons. The van der Waals surface area contributed by atoms with E-state index in [9.17, 15) is 0 Å². The molecule has 1 fully saturated rings. The average molecular weight is 184 g/mol. The van der Waals surface area contributed by atoms with E-state index in [0.29, 0.717) is 18.1 Å². The van der Waals surface area contributed by atoms with E-state index in [2.05, 4.69) is 27.7 Å². The molecule has 0 aliphatic heterocycles. The molecule has 1 aliphatic rings. The third-order valence-electron chi connectivity index (χ3n) is 3.31. The van der Waals surface area contributed by atoms with Crippen molar-refractivity contribution in [1.82, 2.24) is 0 Å². The van der Waals surface area contributed by atoms with Gasteiger partial charge in [-0.05, 0) is 44.4 Å². The monoisotopic (exact) mass is 184 g/mol. The SMILES string of the molecule is CC1CCC(OC(C)C(C)C)CC1. The highest BCUT2D eigenvalue weighted by atomic mass is 16.5. The molecule has 0 spiro atoms. The van der Waals surface area contributed by atoms with Crippen LogP contribution < -0.4 is 0 Å². The lowest BCUT2D eigenvalue weighted by Gasteiger charge is -2.30. The van der Waals surface area contributed by atoms with Crippen molar-refractivity contribution in [2.75, 3.05) is 0 Å². The first-order valence-corrected chi connectivity index (χ1v) is 5.75. The zero-order valence-electron chi connectivity index (χ0n) is 9.55. The van der Waals surface area contributed by atoms with E-state index in [0.717, 1.165) is 5.92 Å². The molecule has 1 heteroatoms. The van der Waals surface area contributed by atoms with E-state index in [1.54, 1.807) is 0 Å². The van der Waals surface area contributed by atoms with E-state index in [1.165, 1.54) is 25.7 Å². The molecule has 1 saturated carbocycles. The Kier molecular flexibility index (Phi) is 4.24. The molecule has 1 unspecified atom stereocenters. The minimum Gasteiger partial charge on any atom is -0.375 e. The first kappa shape index (κ1) is 11.0. The fourth-order valence-corrected chi connectivity index (χ4v) is 1.83. The lowest BCUT2D eigenvalue weighted by atomic mass is 9.89. The molecule has 1 rings (SSSR count). The van der Waals surface area contributed by atoms with Gasteiger partial charge in [-0.2, -0.15) is 0 Å². The van der Waals surface area contributed by atoms with Crippen LogP contribution in [0.1, 0.15) is 53.4 Å². The van der Waals surface area contributed by atoms with Crippen molar-refractivity contribution in [3.05, 3.63) is 0 Å². The summed E-state index contributed by atoms with van der Waals surface area (Å²) < 4.78 is 6.00. The summed E-state index contributed by atoms with van der Waals surface area (Å²) in [5, 5.41) is 0. The Labute approximate surface area is 82.9 Å². The topological polar surface area (TPSA) is 9.23 Å². The molecule has 0 N–H and O–H groups in total. The van der Waals surface area contributed by atoms with Gasteiger partial charge in [-0.1, -0.05) is 20.8 Å². The fourth-order valence-electron chi connectivity index (χ4n) is 1.83. The number of hydrogen-bond acceptors (Lipinski definition) is 1. The first-order valence-electron chi connectivity index (χ1n) is 5.75. The molecule has 0 radical (unpaired) electrons. The lowest BCUT2D eigenvalue weighted by Crippen LogP contribution is -2.27. The average Bonchev–Trinajstić information content (AvgIpc) is 2.08. The Hall–Kier alpha value is -0.0400. The molecule has 0 saturated heterocycles. The van der Waals surface area contributed by atoms with Gasteiger partial charge in [0.1, 0.15) is 0 Å². The second-order valence-electron chi connectivity index (χ2n) is 4.97. The van der Waals surface area contributed by atoms with Crippen LogP contribution in [0.5, 0.6) is 0 Å². The normalized spacial score (nSPS) is 32.1. The van der Waals surface area contributed by atoms with Crippen LogP contribution in [0.15, 0.2) is 0 Å².